The van der Waals surface area contributed by atoms with Crippen molar-refractivity contribution < 1.29 is 5.11 Å². The first kappa shape index (κ1) is 13.1. The standard InChI is InChI=1S/C17H14ClNO/c1-11-8-13(10-14(18)9-11)17(20)15-6-2-4-12-5-3-7-19-16(12)15/h2-10,17,20H,1H3. The first-order valence-corrected chi connectivity index (χ1v) is 6.82. The molecular formula is C17H14ClNO. The quantitative estimate of drug-likeness (QED) is 0.761. The second-order valence-electron chi connectivity index (χ2n) is 4.89. The van der Waals surface area contributed by atoms with Crippen molar-refractivity contribution in [3.8, 4) is 0 Å². The van der Waals surface area contributed by atoms with Gasteiger partial charge in [-0.25, -0.2) is 0 Å². The highest BCUT2D eigenvalue weighted by molar-refractivity contribution is 6.30. The molecule has 1 unspecified atom stereocenters. The van der Waals surface area contributed by atoms with Crippen molar-refractivity contribution in [2.75, 3.05) is 0 Å². The molecule has 0 fully saturated rings. The van der Waals surface area contributed by atoms with Gasteiger partial charge < -0.3 is 5.11 Å². The van der Waals surface area contributed by atoms with Crippen LogP contribution >= 0.6 is 11.6 Å². The van der Waals surface area contributed by atoms with Crippen molar-refractivity contribution in [1.29, 1.82) is 0 Å². The number of halogens is 1. The lowest BCUT2D eigenvalue weighted by molar-refractivity contribution is 0.221. The number of aromatic nitrogens is 1. The Morgan fingerprint density at radius 3 is 2.70 bits per heavy atom. The highest BCUT2D eigenvalue weighted by Crippen LogP contribution is 2.29. The van der Waals surface area contributed by atoms with E-state index >= 15 is 0 Å². The van der Waals surface area contributed by atoms with E-state index in [1.807, 2.05) is 49.4 Å². The number of nitrogens with zero attached hydrogens (tertiary/aromatic N) is 1. The summed E-state index contributed by atoms with van der Waals surface area (Å²) in [6, 6.07) is 15.3. The molecule has 0 saturated carbocycles. The lowest BCUT2D eigenvalue weighted by Crippen LogP contribution is -2.02. The van der Waals surface area contributed by atoms with Crippen LogP contribution in [0.4, 0.5) is 0 Å². The molecule has 2 nitrogen and oxygen atoms in total. The van der Waals surface area contributed by atoms with E-state index in [4.69, 9.17) is 11.6 Å². The Hall–Kier alpha value is -1.90. The van der Waals surface area contributed by atoms with Gasteiger partial charge in [-0.15, -0.1) is 0 Å². The Labute approximate surface area is 122 Å². The molecule has 0 aliphatic heterocycles. The summed E-state index contributed by atoms with van der Waals surface area (Å²) in [4.78, 5) is 4.38. The molecule has 3 rings (SSSR count). The molecule has 0 aliphatic carbocycles. The molecule has 20 heavy (non-hydrogen) atoms. The van der Waals surface area contributed by atoms with Crippen molar-refractivity contribution in [3.05, 3.63) is 76.4 Å². The summed E-state index contributed by atoms with van der Waals surface area (Å²) in [6.07, 6.45) is 1.01. The summed E-state index contributed by atoms with van der Waals surface area (Å²) in [6.45, 7) is 1.96. The van der Waals surface area contributed by atoms with Gasteiger partial charge in [0.25, 0.3) is 0 Å². The molecule has 0 aliphatic rings. The number of hydrogen-bond acceptors (Lipinski definition) is 2. The van der Waals surface area contributed by atoms with Gasteiger partial charge in [-0.05, 0) is 36.2 Å². The molecule has 3 heteroatoms. The smallest absolute Gasteiger partial charge is 0.106 e. The van der Waals surface area contributed by atoms with Crippen LogP contribution in [0.1, 0.15) is 22.8 Å². The topological polar surface area (TPSA) is 33.1 Å². The first-order valence-electron chi connectivity index (χ1n) is 6.44. The molecule has 0 spiro atoms. The minimum absolute atomic E-state index is 0.632. The van der Waals surface area contributed by atoms with Gasteiger partial charge in [0, 0.05) is 22.2 Å². The number of pyridine rings is 1. The number of para-hydroxylation sites is 1. The molecule has 1 N–H and O–H groups in total. The van der Waals surface area contributed by atoms with Crippen LogP contribution in [0.2, 0.25) is 5.02 Å². The highest BCUT2D eigenvalue weighted by atomic mass is 35.5. The zero-order valence-electron chi connectivity index (χ0n) is 11.0. The van der Waals surface area contributed by atoms with E-state index in [0.29, 0.717) is 5.02 Å². The third-order valence-corrected chi connectivity index (χ3v) is 3.56. The number of rotatable bonds is 2. The van der Waals surface area contributed by atoms with E-state index in [1.54, 1.807) is 12.3 Å². The van der Waals surface area contributed by atoms with Gasteiger partial charge in [-0.1, -0.05) is 41.9 Å². The van der Waals surface area contributed by atoms with Gasteiger partial charge in [0.1, 0.15) is 6.10 Å². The van der Waals surface area contributed by atoms with Crippen LogP contribution in [0.3, 0.4) is 0 Å². The van der Waals surface area contributed by atoms with Crippen molar-refractivity contribution in [3.63, 3.8) is 0 Å². The maximum Gasteiger partial charge on any atom is 0.106 e. The van der Waals surface area contributed by atoms with E-state index < -0.39 is 6.10 Å². The second-order valence-corrected chi connectivity index (χ2v) is 5.32. The predicted molar refractivity (Wildman–Crippen MR) is 82.0 cm³/mol. The number of aliphatic hydroxyl groups is 1. The van der Waals surface area contributed by atoms with Crippen molar-refractivity contribution in [2.24, 2.45) is 0 Å². The molecule has 2 aromatic carbocycles. The maximum absolute atomic E-state index is 10.6. The van der Waals surface area contributed by atoms with Gasteiger partial charge in [0.15, 0.2) is 0 Å². The predicted octanol–water partition coefficient (Wildman–Crippen LogP) is 4.28. The average Bonchev–Trinajstić information content (AvgIpc) is 2.45. The normalized spacial score (nSPS) is 12.6. The van der Waals surface area contributed by atoms with Crippen molar-refractivity contribution in [2.45, 2.75) is 13.0 Å². The summed E-state index contributed by atoms with van der Waals surface area (Å²) >= 11 is 6.07. The second kappa shape index (κ2) is 5.23. The van der Waals surface area contributed by atoms with Gasteiger partial charge in [0.2, 0.25) is 0 Å². The van der Waals surface area contributed by atoms with E-state index in [0.717, 1.165) is 27.6 Å². The Balaban J connectivity index is 2.15. The van der Waals surface area contributed by atoms with Gasteiger partial charge >= 0.3 is 0 Å². The number of hydrogen-bond donors (Lipinski definition) is 1. The maximum atomic E-state index is 10.6. The number of aliphatic hydroxyl groups excluding tert-OH is 1. The molecule has 0 radical (unpaired) electrons. The van der Waals surface area contributed by atoms with Crippen LogP contribution < -0.4 is 0 Å². The van der Waals surface area contributed by atoms with Crippen LogP contribution in [-0.4, -0.2) is 10.1 Å². The SMILES string of the molecule is Cc1cc(Cl)cc(C(O)c2cccc3cccnc23)c1. The third-order valence-electron chi connectivity index (χ3n) is 3.34. The Kier molecular flexibility index (Phi) is 3.43. The van der Waals surface area contributed by atoms with Crippen LogP contribution in [0, 0.1) is 6.92 Å². The van der Waals surface area contributed by atoms with Crippen molar-refractivity contribution >= 4 is 22.5 Å². The molecule has 100 valence electrons. The first-order chi connectivity index (χ1) is 9.65. The largest absolute Gasteiger partial charge is 0.384 e. The van der Waals surface area contributed by atoms with Crippen LogP contribution in [0.15, 0.2) is 54.7 Å². The number of aryl methyl sites for hydroxylation is 1. The monoisotopic (exact) mass is 283 g/mol. The molecule has 1 atom stereocenters. The highest BCUT2D eigenvalue weighted by Gasteiger charge is 2.15. The Morgan fingerprint density at radius 1 is 1.10 bits per heavy atom. The van der Waals surface area contributed by atoms with E-state index in [9.17, 15) is 5.11 Å². The molecule has 3 aromatic rings. The minimum atomic E-state index is -0.731. The number of benzene rings is 2. The molecular weight excluding hydrogens is 270 g/mol. The average molecular weight is 284 g/mol. The molecule has 0 amide bonds. The van der Waals surface area contributed by atoms with Crippen LogP contribution in [0.5, 0.6) is 0 Å². The Morgan fingerprint density at radius 2 is 1.90 bits per heavy atom. The van der Waals surface area contributed by atoms with Crippen LogP contribution in [-0.2, 0) is 0 Å². The molecule has 1 heterocycles. The summed E-state index contributed by atoms with van der Waals surface area (Å²) in [5, 5.41) is 12.3. The van der Waals surface area contributed by atoms with E-state index in [2.05, 4.69) is 4.98 Å². The molecule has 0 bridgehead atoms. The Bertz CT molecular complexity index is 744. The summed E-state index contributed by atoms with van der Waals surface area (Å²) in [7, 11) is 0. The lowest BCUT2D eigenvalue weighted by Gasteiger charge is -2.14. The van der Waals surface area contributed by atoms with Gasteiger partial charge in [0.05, 0.1) is 5.52 Å². The van der Waals surface area contributed by atoms with Gasteiger partial charge in [-0.3, -0.25) is 4.98 Å². The van der Waals surface area contributed by atoms with E-state index in [-0.39, 0.29) is 0 Å². The minimum Gasteiger partial charge on any atom is -0.384 e. The third kappa shape index (κ3) is 2.40. The molecule has 1 aromatic heterocycles. The summed E-state index contributed by atoms with van der Waals surface area (Å²) in [5.74, 6) is 0. The summed E-state index contributed by atoms with van der Waals surface area (Å²) in [5.41, 5.74) is 3.43. The summed E-state index contributed by atoms with van der Waals surface area (Å²) < 4.78 is 0. The zero-order chi connectivity index (χ0) is 14.1. The van der Waals surface area contributed by atoms with Gasteiger partial charge in [-0.2, -0.15) is 0 Å². The fourth-order valence-electron chi connectivity index (χ4n) is 2.45. The fraction of sp³-hybridized carbons (Fsp3) is 0.118. The fourth-order valence-corrected chi connectivity index (χ4v) is 2.75. The lowest BCUT2D eigenvalue weighted by atomic mass is 9.98. The van der Waals surface area contributed by atoms with Crippen molar-refractivity contribution in [1.82, 2.24) is 4.98 Å². The zero-order valence-corrected chi connectivity index (χ0v) is 11.8. The van der Waals surface area contributed by atoms with Crippen LogP contribution in [0.25, 0.3) is 10.9 Å². The molecule has 0 saturated heterocycles. The number of fused-ring (bicyclic) bond motifs is 1. The van der Waals surface area contributed by atoms with E-state index in [1.165, 1.54) is 0 Å².